The third-order valence-electron chi connectivity index (χ3n) is 2.54. The Morgan fingerprint density at radius 1 is 1.27 bits per heavy atom. The Kier molecular flexibility index (Phi) is 6.02. The minimum atomic E-state index is -4.39. The molecule has 22 heavy (non-hydrogen) atoms. The molecule has 1 aromatic rings. The number of amides is 3. The molecule has 6 nitrogen and oxygen atoms in total. The molecule has 9 heteroatoms. The first-order valence-corrected chi connectivity index (χ1v) is 6.29. The van der Waals surface area contributed by atoms with Gasteiger partial charge in [-0.05, 0) is 24.6 Å². The number of urea groups is 1. The van der Waals surface area contributed by atoms with E-state index in [2.05, 4.69) is 15.4 Å². The summed E-state index contributed by atoms with van der Waals surface area (Å²) >= 11 is 0. The smallest absolute Gasteiger partial charge is 0.422 e. The summed E-state index contributed by atoms with van der Waals surface area (Å²) in [7, 11) is 0. The van der Waals surface area contributed by atoms with Gasteiger partial charge in [-0.1, -0.05) is 12.1 Å². The van der Waals surface area contributed by atoms with Crippen LogP contribution in [0.15, 0.2) is 24.3 Å². The summed E-state index contributed by atoms with van der Waals surface area (Å²) in [4.78, 5) is 22.2. The van der Waals surface area contributed by atoms with Gasteiger partial charge in [-0.25, -0.2) is 4.79 Å². The molecule has 0 saturated carbocycles. The number of hydrogen-bond donors (Lipinski definition) is 3. The van der Waals surface area contributed by atoms with Crippen molar-refractivity contribution in [2.24, 2.45) is 5.73 Å². The highest BCUT2D eigenvalue weighted by Gasteiger charge is 2.28. The van der Waals surface area contributed by atoms with E-state index in [0.717, 1.165) is 0 Å². The van der Waals surface area contributed by atoms with E-state index < -0.39 is 30.8 Å². The summed E-state index contributed by atoms with van der Waals surface area (Å²) in [5.74, 6) is -0.354. The van der Waals surface area contributed by atoms with Crippen molar-refractivity contribution >= 4 is 11.9 Å². The van der Waals surface area contributed by atoms with Gasteiger partial charge in [0.05, 0.1) is 0 Å². The van der Waals surface area contributed by atoms with E-state index in [0.29, 0.717) is 5.56 Å². The fourth-order valence-corrected chi connectivity index (χ4v) is 1.49. The average molecular weight is 319 g/mol. The fraction of sp³-hybridized carbons (Fsp3) is 0.385. The number of benzene rings is 1. The lowest BCUT2D eigenvalue weighted by molar-refractivity contribution is -0.153. The highest BCUT2D eigenvalue weighted by atomic mass is 19.4. The van der Waals surface area contributed by atoms with Gasteiger partial charge in [-0.15, -0.1) is 0 Å². The largest absolute Gasteiger partial charge is 0.484 e. The second kappa shape index (κ2) is 7.53. The molecule has 0 bridgehead atoms. The molecule has 0 aliphatic heterocycles. The molecule has 0 heterocycles. The fourth-order valence-electron chi connectivity index (χ4n) is 1.49. The van der Waals surface area contributed by atoms with E-state index in [1.54, 1.807) is 0 Å². The Labute approximate surface area is 124 Å². The average Bonchev–Trinajstić information content (AvgIpc) is 2.42. The van der Waals surface area contributed by atoms with Crippen molar-refractivity contribution in [1.29, 1.82) is 0 Å². The number of carbonyl (C=O) groups excluding carboxylic acids is 2. The number of nitrogens with two attached hydrogens (primary N) is 1. The van der Waals surface area contributed by atoms with Gasteiger partial charge in [0.1, 0.15) is 11.8 Å². The van der Waals surface area contributed by atoms with Crippen LogP contribution in [0.2, 0.25) is 0 Å². The Balaban J connectivity index is 2.44. The SMILES string of the molecule is C[C@H](NC(N)=O)C(=O)NCc1ccc(OCC(F)(F)F)cc1. The number of ether oxygens (including phenoxy) is 1. The summed E-state index contributed by atoms with van der Waals surface area (Å²) in [5, 5.41) is 4.77. The molecule has 0 saturated heterocycles. The van der Waals surface area contributed by atoms with Crippen LogP contribution in [-0.2, 0) is 11.3 Å². The first-order valence-electron chi connectivity index (χ1n) is 6.29. The van der Waals surface area contributed by atoms with Crippen LogP contribution in [0.1, 0.15) is 12.5 Å². The van der Waals surface area contributed by atoms with Crippen LogP contribution < -0.4 is 21.1 Å². The third-order valence-corrected chi connectivity index (χ3v) is 2.54. The maximum Gasteiger partial charge on any atom is 0.422 e. The Bertz CT molecular complexity index is 518. The van der Waals surface area contributed by atoms with E-state index in [1.165, 1.54) is 31.2 Å². The minimum absolute atomic E-state index is 0.0798. The molecule has 3 amide bonds. The standard InChI is InChI=1S/C13H16F3N3O3/c1-8(19-12(17)21)11(20)18-6-9-2-4-10(5-3-9)22-7-13(14,15)16/h2-5,8H,6-7H2,1H3,(H,18,20)(H3,17,19,21)/t8-/m0/s1. The number of rotatable bonds is 6. The molecule has 1 aromatic carbocycles. The molecule has 0 spiro atoms. The molecule has 1 atom stereocenters. The van der Waals surface area contributed by atoms with Crippen molar-refractivity contribution in [1.82, 2.24) is 10.6 Å². The maximum absolute atomic E-state index is 12.0. The van der Waals surface area contributed by atoms with Crippen LogP contribution in [0.4, 0.5) is 18.0 Å². The van der Waals surface area contributed by atoms with Gasteiger partial charge in [0.15, 0.2) is 6.61 Å². The first-order chi connectivity index (χ1) is 10.2. The van der Waals surface area contributed by atoms with E-state index in [-0.39, 0.29) is 12.3 Å². The lowest BCUT2D eigenvalue weighted by atomic mass is 10.2. The van der Waals surface area contributed by atoms with Crippen LogP contribution in [0.25, 0.3) is 0 Å². The quantitative estimate of drug-likeness (QED) is 0.738. The van der Waals surface area contributed by atoms with Crippen LogP contribution in [-0.4, -0.2) is 30.8 Å². The van der Waals surface area contributed by atoms with Gasteiger partial charge in [-0.3, -0.25) is 4.79 Å². The Morgan fingerprint density at radius 2 is 1.86 bits per heavy atom. The number of halogens is 3. The number of hydrogen-bond acceptors (Lipinski definition) is 3. The highest BCUT2D eigenvalue weighted by molar-refractivity contribution is 5.86. The van der Waals surface area contributed by atoms with Gasteiger partial charge < -0.3 is 21.1 Å². The number of carbonyl (C=O) groups is 2. The predicted molar refractivity (Wildman–Crippen MR) is 72.0 cm³/mol. The van der Waals surface area contributed by atoms with Crippen LogP contribution in [0.3, 0.4) is 0 Å². The maximum atomic E-state index is 12.0. The van der Waals surface area contributed by atoms with Crippen molar-refractivity contribution in [3.05, 3.63) is 29.8 Å². The molecule has 0 fully saturated rings. The topological polar surface area (TPSA) is 93.5 Å². The van der Waals surface area contributed by atoms with Crippen molar-refractivity contribution in [3.63, 3.8) is 0 Å². The molecule has 0 aliphatic rings. The van der Waals surface area contributed by atoms with Crippen molar-refractivity contribution in [2.75, 3.05) is 6.61 Å². The Morgan fingerprint density at radius 3 is 2.36 bits per heavy atom. The summed E-state index contributed by atoms with van der Waals surface area (Å²) in [6, 6.07) is 4.20. The molecule has 0 unspecified atom stereocenters. The second-order valence-corrected chi connectivity index (χ2v) is 4.50. The van der Waals surface area contributed by atoms with Crippen molar-refractivity contribution < 1.29 is 27.5 Å². The Hall–Kier alpha value is -2.45. The summed E-state index contributed by atoms with van der Waals surface area (Å²) in [6.45, 7) is 0.261. The molecule has 122 valence electrons. The number of nitrogens with one attached hydrogen (secondary N) is 2. The van der Waals surface area contributed by atoms with Gasteiger partial charge in [-0.2, -0.15) is 13.2 Å². The van der Waals surface area contributed by atoms with E-state index in [1.807, 2.05) is 0 Å². The molecule has 1 rings (SSSR count). The van der Waals surface area contributed by atoms with E-state index in [4.69, 9.17) is 5.73 Å². The lowest BCUT2D eigenvalue weighted by Crippen LogP contribution is -2.46. The first kappa shape index (κ1) is 17.6. The molecule has 0 radical (unpaired) electrons. The van der Waals surface area contributed by atoms with Gasteiger partial charge in [0.25, 0.3) is 0 Å². The molecular weight excluding hydrogens is 303 g/mol. The highest BCUT2D eigenvalue weighted by Crippen LogP contribution is 2.18. The zero-order valence-corrected chi connectivity index (χ0v) is 11.7. The predicted octanol–water partition coefficient (Wildman–Crippen LogP) is 1.30. The monoisotopic (exact) mass is 319 g/mol. The van der Waals surface area contributed by atoms with Gasteiger partial charge >= 0.3 is 12.2 Å². The zero-order chi connectivity index (χ0) is 16.8. The van der Waals surface area contributed by atoms with Crippen molar-refractivity contribution in [2.45, 2.75) is 25.7 Å². The van der Waals surface area contributed by atoms with Crippen molar-refractivity contribution in [3.8, 4) is 5.75 Å². The molecular formula is C13H16F3N3O3. The van der Waals surface area contributed by atoms with E-state index in [9.17, 15) is 22.8 Å². The summed E-state index contributed by atoms with van der Waals surface area (Å²) in [5.41, 5.74) is 5.56. The normalized spacial score (nSPS) is 12.4. The van der Waals surface area contributed by atoms with E-state index >= 15 is 0 Å². The molecule has 4 N–H and O–H groups in total. The van der Waals surface area contributed by atoms with Gasteiger partial charge in [0.2, 0.25) is 5.91 Å². The van der Waals surface area contributed by atoms with Gasteiger partial charge in [0, 0.05) is 6.54 Å². The number of primary amides is 1. The minimum Gasteiger partial charge on any atom is -0.484 e. The lowest BCUT2D eigenvalue weighted by Gasteiger charge is -2.13. The molecule has 0 aromatic heterocycles. The van der Waals surface area contributed by atoms with Crippen LogP contribution in [0.5, 0.6) is 5.75 Å². The third kappa shape index (κ3) is 6.82. The summed E-state index contributed by atoms with van der Waals surface area (Å²) in [6.07, 6.45) is -4.39. The van der Waals surface area contributed by atoms with Crippen LogP contribution >= 0.6 is 0 Å². The summed E-state index contributed by atoms with van der Waals surface area (Å²) < 4.78 is 40.5. The number of alkyl halides is 3. The second-order valence-electron chi connectivity index (χ2n) is 4.50. The zero-order valence-electron chi connectivity index (χ0n) is 11.7. The van der Waals surface area contributed by atoms with Crippen LogP contribution in [0, 0.1) is 0 Å². The molecule has 0 aliphatic carbocycles.